The Morgan fingerprint density at radius 3 is 3.00 bits per heavy atom. The smallest absolute Gasteiger partial charge is 0.0739 e. The van der Waals surface area contributed by atoms with Gasteiger partial charge < -0.3 is 10.5 Å². The predicted molar refractivity (Wildman–Crippen MR) is 56.9 cm³/mol. The largest absolute Gasteiger partial charge is 0.398 e. The second kappa shape index (κ2) is 3.64. The van der Waals surface area contributed by atoms with Crippen molar-refractivity contribution in [1.82, 2.24) is 4.98 Å². The molecule has 3 heteroatoms. The van der Waals surface area contributed by atoms with Crippen molar-refractivity contribution >= 4 is 16.6 Å². The third-order valence-electron chi connectivity index (χ3n) is 2.22. The Labute approximate surface area is 82.5 Å². The first-order valence-electron chi connectivity index (χ1n) is 4.44. The van der Waals surface area contributed by atoms with Gasteiger partial charge in [0.2, 0.25) is 0 Å². The first-order chi connectivity index (χ1) is 6.83. The first-order valence-corrected chi connectivity index (χ1v) is 4.44. The predicted octanol–water partition coefficient (Wildman–Crippen LogP) is 1.96. The number of anilines is 1. The second-order valence-electron chi connectivity index (χ2n) is 3.14. The highest BCUT2D eigenvalue weighted by molar-refractivity contribution is 5.86. The maximum absolute atomic E-state index is 5.86. The van der Waals surface area contributed by atoms with Gasteiger partial charge in [-0.3, -0.25) is 4.98 Å². The van der Waals surface area contributed by atoms with Crippen LogP contribution in [-0.4, -0.2) is 12.1 Å². The van der Waals surface area contributed by atoms with Crippen LogP contribution < -0.4 is 5.73 Å². The second-order valence-corrected chi connectivity index (χ2v) is 3.14. The van der Waals surface area contributed by atoms with Gasteiger partial charge in [0.1, 0.15) is 0 Å². The van der Waals surface area contributed by atoms with Gasteiger partial charge in [-0.15, -0.1) is 0 Å². The van der Waals surface area contributed by atoms with E-state index in [2.05, 4.69) is 4.98 Å². The van der Waals surface area contributed by atoms with Crippen LogP contribution in [0, 0.1) is 0 Å². The number of nitrogens with zero attached hydrogens (tertiary/aromatic N) is 1. The molecule has 72 valence electrons. The van der Waals surface area contributed by atoms with Crippen LogP contribution in [0.4, 0.5) is 5.69 Å². The van der Waals surface area contributed by atoms with Crippen LogP contribution >= 0.6 is 0 Å². The summed E-state index contributed by atoms with van der Waals surface area (Å²) in [5, 5.41) is 1.06. The van der Waals surface area contributed by atoms with Gasteiger partial charge in [-0.05, 0) is 18.2 Å². The van der Waals surface area contributed by atoms with Crippen LogP contribution in [0.1, 0.15) is 5.56 Å². The zero-order valence-electron chi connectivity index (χ0n) is 8.03. The van der Waals surface area contributed by atoms with Crippen molar-refractivity contribution in [3.8, 4) is 0 Å². The molecule has 0 spiro atoms. The van der Waals surface area contributed by atoms with Gasteiger partial charge in [0, 0.05) is 29.9 Å². The Morgan fingerprint density at radius 1 is 1.36 bits per heavy atom. The fourth-order valence-corrected chi connectivity index (χ4v) is 1.54. The van der Waals surface area contributed by atoms with Gasteiger partial charge >= 0.3 is 0 Å². The zero-order chi connectivity index (χ0) is 9.97. The lowest BCUT2D eigenvalue weighted by atomic mass is 10.1. The number of hydrogen-bond acceptors (Lipinski definition) is 3. The first kappa shape index (κ1) is 8.97. The number of benzene rings is 1. The quantitative estimate of drug-likeness (QED) is 0.733. The van der Waals surface area contributed by atoms with E-state index in [1.54, 1.807) is 13.3 Å². The minimum absolute atomic E-state index is 0.523. The molecule has 14 heavy (non-hydrogen) atoms. The topological polar surface area (TPSA) is 48.1 Å². The van der Waals surface area contributed by atoms with E-state index >= 15 is 0 Å². The van der Waals surface area contributed by atoms with E-state index in [0.717, 1.165) is 22.2 Å². The highest BCUT2D eigenvalue weighted by Gasteiger charge is 2.04. The highest BCUT2D eigenvalue weighted by atomic mass is 16.5. The van der Waals surface area contributed by atoms with Crippen molar-refractivity contribution in [3.63, 3.8) is 0 Å². The summed E-state index contributed by atoms with van der Waals surface area (Å²) in [7, 11) is 1.66. The van der Waals surface area contributed by atoms with Gasteiger partial charge in [-0.2, -0.15) is 0 Å². The standard InChI is InChI=1S/C11H12N2O/c1-14-7-9-8-3-2-6-13-11(8)5-4-10(9)12/h2-6H,7,12H2,1H3. The molecule has 0 aliphatic carbocycles. The number of aromatic nitrogens is 1. The number of fused-ring (bicyclic) bond motifs is 1. The molecular formula is C11H12N2O. The molecule has 0 bridgehead atoms. The van der Waals surface area contributed by atoms with E-state index in [1.165, 1.54) is 0 Å². The molecule has 0 saturated carbocycles. The average Bonchev–Trinajstić information content (AvgIpc) is 2.23. The van der Waals surface area contributed by atoms with E-state index in [4.69, 9.17) is 10.5 Å². The number of pyridine rings is 1. The summed E-state index contributed by atoms with van der Waals surface area (Å²) in [6, 6.07) is 7.70. The number of ether oxygens (including phenoxy) is 1. The van der Waals surface area contributed by atoms with Crippen molar-refractivity contribution in [2.45, 2.75) is 6.61 Å². The van der Waals surface area contributed by atoms with Crippen molar-refractivity contribution < 1.29 is 4.74 Å². The molecule has 0 aliphatic heterocycles. The molecule has 0 unspecified atom stereocenters. The van der Waals surface area contributed by atoms with Crippen LogP contribution in [0.3, 0.4) is 0 Å². The van der Waals surface area contributed by atoms with Crippen LogP contribution in [0.2, 0.25) is 0 Å². The summed E-state index contributed by atoms with van der Waals surface area (Å²) in [5.41, 5.74) is 8.59. The van der Waals surface area contributed by atoms with Gasteiger partial charge in [-0.1, -0.05) is 6.07 Å². The molecule has 1 aromatic heterocycles. The van der Waals surface area contributed by atoms with Gasteiger partial charge in [0.05, 0.1) is 12.1 Å². The van der Waals surface area contributed by atoms with Gasteiger partial charge in [0.25, 0.3) is 0 Å². The van der Waals surface area contributed by atoms with Crippen LogP contribution in [0.25, 0.3) is 10.9 Å². The van der Waals surface area contributed by atoms with Crippen molar-refractivity contribution in [3.05, 3.63) is 36.0 Å². The Morgan fingerprint density at radius 2 is 2.21 bits per heavy atom. The Balaban J connectivity index is 2.69. The molecule has 0 atom stereocenters. The Hall–Kier alpha value is -1.61. The highest BCUT2D eigenvalue weighted by Crippen LogP contribution is 2.23. The molecular weight excluding hydrogens is 176 g/mol. The molecule has 0 amide bonds. The summed E-state index contributed by atoms with van der Waals surface area (Å²) in [6.45, 7) is 0.523. The molecule has 0 fully saturated rings. The number of nitrogen functional groups attached to an aromatic ring is 1. The normalized spacial score (nSPS) is 10.6. The number of rotatable bonds is 2. The molecule has 1 aromatic carbocycles. The van der Waals surface area contributed by atoms with Crippen LogP contribution in [0.15, 0.2) is 30.5 Å². The van der Waals surface area contributed by atoms with Crippen molar-refractivity contribution in [2.75, 3.05) is 12.8 Å². The molecule has 2 N–H and O–H groups in total. The summed E-state index contributed by atoms with van der Waals surface area (Å²) < 4.78 is 5.11. The third kappa shape index (κ3) is 1.42. The number of methoxy groups -OCH3 is 1. The fourth-order valence-electron chi connectivity index (χ4n) is 1.54. The zero-order valence-corrected chi connectivity index (χ0v) is 8.03. The lowest BCUT2D eigenvalue weighted by Crippen LogP contribution is -1.97. The van der Waals surface area contributed by atoms with E-state index < -0.39 is 0 Å². The monoisotopic (exact) mass is 188 g/mol. The van der Waals surface area contributed by atoms with Gasteiger partial charge in [-0.25, -0.2) is 0 Å². The van der Waals surface area contributed by atoms with E-state index in [1.807, 2.05) is 24.3 Å². The maximum Gasteiger partial charge on any atom is 0.0739 e. The number of nitrogens with two attached hydrogens (primary N) is 1. The number of hydrogen-bond donors (Lipinski definition) is 1. The summed E-state index contributed by atoms with van der Waals surface area (Å²) >= 11 is 0. The Bertz CT molecular complexity index is 454. The summed E-state index contributed by atoms with van der Waals surface area (Å²) in [6.07, 6.45) is 1.77. The molecule has 0 saturated heterocycles. The maximum atomic E-state index is 5.86. The minimum Gasteiger partial charge on any atom is -0.398 e. The van der Waals surface area contributed by atoms with E-state index in [9.17, 15) is 0 Å². The average molecular weight is 188 g/mol. The van der Waals surface area contributed by atoms with Crippen molar-refractivity contribution in [2.24, 2.45) is 0 Å². The molecule has 3 nitrogen and oxygen atoms in total. The van der Waals surface area contributed by atoms with Crippen LogP contribution in [0.5, 0.6) is 0 Å². The van der Waals surface area contributed by atoms with Crippen molar-refractivity contribution in [1.29, 1.82) is 0 Å². The molecule has 0 aliphatic rings. The molecule has 0 radical (unpaired) electrons. The molecule has 2 rings (SSSR count). The Kier molecular flexibility index (Phi) is 2.33. The summed E-state index contributed by atoms with van der Waals surface area (Å²) in [5.74, 6) is 0. The third-order valence-corrected chi connectivity index (χ3v) is 2.22. The lowest BCUT2D eigenvalue weighted by Gasteiger charge is -2.07. The fraction of sp³-hybridized carbons (Fsp3) is 0.182. The minimum atomic E-state index is 0.523. The molecule has 1 heterocycles. The lowest BCUT2D eigenvalue weighted by molar-refractivity contribution is 0.186. The SMILES string of the molecule is COCc1c(N)ccc2ncccc12. The summed E-state index contributed by atoms with van der Waals surface area (Å²) in [4.78, 5) is 4.25. The van der Waals surface area contributed by atoms with E-state index in [-0.39, 0.29) is 0 Å². The van der Waals surface area contributed by atoms with E-state index in [0.29, 0.717) is 6.61 Å². The molecule has 2 aromatic rings. The van der Waals surface area contributed by atoms with Gasteiger partial charge in [0.15, 0.2) is 0 Å². The van der Waals surface area contributed by atoms with Crippen LogP contribution in [-0.2, 0) is 11.3 Å².